The van der Waals surface area contributed by atoms with Gasteiger partial charge < -0.3 is 10.2 Å². The number of allylic oxidation sites excluding steroid dienone is 4. The van der Waals surface area contributed by atoms with Crippen molar-refractivity contribution < 1.29 is 19.8 Å². The number of rotatable bonds is 8. The molecule has 0 aromatic heterocycles. The van der Waals surface area contributed by atoms with Crippen molar-refractivity contribution in [2.75, 3.05) is 0 Å². The average molecular weight is 280 g/mol. The summed E-state index contributed by atoms with van der Waals surface area (Å²) in [6, 6.07) is 0. The van der Waals surface area contributed by atoms with Crippen molar-refractivity contribution in [3.63, 3.8) is 0 Å². The van der Waals surface area contributed by atoms with E-state index in [0.29, 0.717) is 6.42 Å². The van der Waals surface area contributed by atoms with Gasteiger partial charge in [-0.25, -0.2) is 9.59 Å². The van der Waals surface area contributed by atoms with Gasteiger partial charge in [0, 0.05) is 11.1 Å². The molecule has 0 unspecified atom stereocenters. The smallest absolute Gasteiger partial charge is 0.332 e. The minimum atomic E-state index is -1.17. The molecule has 0 rings (SSSR count). The average Bonchev–Trinajstić information content (AvgIpc) is 2.32. The number of hydrogen-bond donors (Lipinski definition) is 2. The van der Waals surface area contributed by atoms with Crippen molar-refractivity contribution in [3.8, 4) is 0 Å². The van der Waals surface area contributed by atoms with Crippen LogP contribution in [0.25, 0.3) is 0 Å². The molecule has 0 aromatic rings. The van der Waals surface area contributed by atoms with Gasteiger partial charge in [-0.2, -0.15) is 0 Å². The Labute approximate surface area is 120 Å². The Bertz CT molecular complexity index is 449. The maximum atomic E-state index is 11.0. The minimum Gasteiger partial charge on any atom is -0.478 e. The molecule has 0 aliphatic rings. The fourth-order valence-electron chi connectivity index (χ4n) is 1.74. The summed E-state index contributed by atoms with van der Waals surface area (Å²) in [5, 5.41) is 17.8. The summed E-state index contributed by atoms with van der Waals surface area (Å²) in [6.45, 7) is 7.44. The van der Waals surface area contributed by atoms with Gasteiger partial charge in [0.1, 0.15) is 0 Å². The number of carboxylic acids is 2. The first-order chi connectivity index (χ1) is 9.25. The van der Waals surface area contributed by atoms with Gasteiger partial charge in [0.2, 0.25) is 0 Å². The minimum absolute atomic E-state index is 0.0224. The molecule has 0 aromatic carbocycles. The highest BCUT2D eigenvalue weighted by molar-refractivity contribution is 5.98. The molecular weight excluding hydrogens is 256 g/mol. The molecule has 0 bridgehead atoms. The van der Waals surface area contributed by atoms with E-state index in [9.17, 15) is 9.59 Å². The van der Waals surface area contributed by atoms with Crippen LogP contribution in [0.1, 0.15) is 53.4 Å². The topological polar surface area (TPSA) is 74.6 Å². The Morgan fingerprint density at radius 2 is 1.40 bits per heavy atom. The molecule has 0 heterocycles. The van der Waals surface area contributed by atoms with E-state index in [1.165, 1.54) is 18.1 Å². The van der Waals surface area contributed by atoms with Crippen molar-refractivity contribution in [2.45, 2.75) is 53.4 Å². The van der Waals surface area contributed by atoms with Gasteiger partial charge in [-0.15, -0.1) is 0 Å². The lowest BCUT2D eigenvalue weighted by Crippen LogP contribution is -2.09. The monoisotopic (exact) mass is 280 g/mol. The van der Waals surface area contributed by atoms with Gasteiger partial charge >= 0.3 is 11.9 Å². The highest BCUT2D eigenvalue weighted by Gasteiger charge is 2.15. The maximum absolute atomic E-state index is 11.0. The predicted molar refractivity (Wildman–Crippen MR) is 79.6 cm³/mol. The second-order valence-corrected chi connectivity index (χ2v) is 5.12. The zero-order chi connectivity index (χ0) is 15.7. The molecule has 0 amide bonds. The fraction of sp³-hybridized carbons (Fsp3) is 0.500. The van der Waals surface area contributed by atoms with Gasteiger partial charge in [-0.1, -0.05) is 23.3 Å². The second-order valence-electron chi connectivity index (χ2n) is 5.12. The van der Waals surface area contributed by atoms with E-state index in [1.807, 2.05) is 13.0 Å². The molecule has 0 saturated carbocycles. The highest BCUT2D eigenvalue weighted by atomic mass is 16.4. The molecule has 112 valence electrons. The Kier molecular flexibility index (Phi) is 8.29. The normalized spacial score (nSPS) is 12.7. The molecule has 0 spiro atoms. The highest BCUT2D eigenvalue weighted by Crippen LogP contribution is 2.15. The van der Waals surface area contributed by atoms with Crippen LogP contribution in [0.4, 0.5) is 0 Å². The molecule has 0 radical (unpaired) electrons. The van der Waals surface area contributed by atoms with E-state index in [2.05, 4.69) is 19.9 Å². The van der Waals surface area contributed by atoms with E-state index >= 15 is 0 Å². The van der Waals surface area contributed by atoms with Crippen LogP contribution < -0.4 is 0 Å². The molecule has 0 aliphatic heterocycles. The van der Waals surface area contributed by atoms with Crippen LogP contribution in [-0.2, 0) is 9.59 Å². The number of carbonyl (C=O) groups is 2. The Morgan fingerprint density at radius 1 is 0.850 bits per heavy atom. The molecule has 4 nitrogen and oxygen atoms in total. The first-order valence-corrected chi connectivity index (χ1v) is 6.71. The number of aliphatic carboxylic acids is 2. The van der Waals surface area contributed by atoms with Crippen LogP contribution in [0.15, 0.2) is 34.4 Å². The quantitative estimate of drug-likeness (QED) is 0.521. The molecule has 0 saturated heterocycles. The van der Waals surface area contributed by atoms with E-state index in [-0.39, 0.29) is 17.6 Å². The van der Waals surface area contributed by atoms with Crippen molar-refractivity contribution in [1.82, 2.24) is 0 Å². The fourth-order valence-corrected chi connectivity index (χ4v) is 1.74. The summed E-state index contributed by atoms with van der Waals surface area (Å²) in [5.41, 5.74) is 2.37. The third-order valence-electron chi connectivity index (χ3n) is 3.01. The largest absolute Gasteiger partial charge is 0.478 e. The number of hydrogen-bond acceptors (Lipinski definition) is 2. The predicted octanol–water partition coefficient (Wildman–Crippen LogP) is 3.95. The molecule has 2 N–H and O–H groups in total. The maximum Gasteiger partial charge on any atom is 0.332 e. The summed E-state index contributed by atoms with van der Waals surface area (Å²) in [5.74, 6) is -2.33. The lowest BCUT2D eigenvalue weighted by molar-refractivity contribution is -0.136. The number of carboxylic acid groups (broad SMARTS) is 2. The van der Waals surface area contributed by atoms with Gasteiger partial charge in [0.15, 0.2) is 0 Å². The first kappa shape index (κ1) is 18.2. The van der Waals surface area contributed by atoms with Crippen molar-refractivity contribution >= 4 is 11.9 Å². The molecule has 20 heavy (non-hydrogen) atoms. The second kappa shape index (κ2) is 9.13. The molecular formula is C16H24O4. The van der Waals surface area contributed by atoms with Crippen LogP contribution in [-0.4, -0.2) is 22.2 Å². The van der Waals surface area contributed by atoms with Gasteiger partial charge in [-0.05, 0) is 53.4 Å². The molecule has 0 aliphatic carbocycles. The summed E-state index contributed by atoms with van der Waals surface area (Å²) in [6.07, 6.45) is 6.85. The van der Waals surface area contributed by atoms with Crippen molar-refractivity contribution in [1.29, 1.82) is 0 Å². The summed E-state index contributed by atoms with van der Waals surface area (Å²) in [4.78, 5) is 21.8. The van der Waals surface area contributed by atoms with Crippen molar-refractivity contribution in [3.05, 3.63) is 34.4 Å². The molecule has 0 atom stereocenters. The van der Waals surface area contributed by atoms with Crippen LogP contribution >= 0.6 is 0 Å². The van der Waals surface area contributed by atoms with E-state index in [4.69, 9.17) is 10.2 Å². The Hall–Kier alpha value is -1.84. The Balaban J connectivity index is 4.52. The lowest BCUT2D eigenvalue weighted by Gasteiger charge is -2.04. The zero-order valence-corrected chi connectivity index (χ0v) is 12.7. The third-order valence-corrected chi connectivity index (χ3v) is 3.01. The van der Waals surface area contributed by atoms with Crippen LogP contribution in [0.5, 0.6) is 0 Å². The van der Waals surface area contributed by atoms with E-state index in [1.54, 1.807) is 0 Å². The van der Waals surface area contributed by atoms with Crippen molar-refractivity contribution in [2.24, 2.45) is 0 Å². The van der Waals surface area contributed by atoms with Gasteiger partial charge in [-0.3, -0.25) is 0 Å². The van der Waals surface area contributed by atoms with Gasteiger partial charge in [0.25, 0.3) is 0 Å². The standard InChI is InChI=1S/C16H24O4/c1-11(2)7-5-8-12(3)9-6-10-14(16(19)20)13(4)15(17)18/h7,9H,5-6,8,10H2,1-4H3,(H,17,18)(H,19,20)/b12-9+,14-13+. The third kappa shape index (κ3) is 7.56. The molecule has 0 fully saturated rings. The zero-order valence-electron chi connectivity index (χ0n) is 12.7. The van der Waals surface area contributed by atoms with Crippen LogP contribution in [0, 0.1) is 0 Å². The summed E-state index contributed by atoms with van der Waals surface area (Å²) in [7, 11) is 0. The van der Waals surface area contributed by atoms with Gasteiger partial charge in [0.05, 0.1) is 0 Å². The molecule has 4 heteroatoms. The van der Waals surface area contributed by atoms with Crippen LogP contribution in [0.3, 0.4) is 0 Å². The van der Waals surface area contributed by atoms with Crippen LogP contribution in [0.2, 0.25) is 0 Å². The van der Waals surface area contributed by atoms with E-state index in [0.717, 1.165) is 12.8 Å². The SMILES string of the molecule is CC(C)=CCC/C(C)=C/CC/C(C(=O)O)=C(/C)C(=O)O. The summed E-state index contributed by atoms with van der Waals surface area (Å²) < 4.78 is 0. The Morgan fingerprint density at radius 3 is 1.85 bits per heavy atom. The first-order valence-electron chi connectivity index (χ1n) is 6.71. The van der Waals surface area contributed by atoms with E-state index < -0.39 is 11.9 Å². The lowest BCUT2D eigenvalue weighted by atomic mass is 10.0. The summed E-state index contributed by atoms with van der Waals surface area (Å²) >= 11 is 0.